The summed E-state index contributed by atoms with van der Waals surface area (Å²) in [6.45, 7) is 0.630. The Labute approximate surface area is 122 Å². The van der Waals surface area contributed by atoms with Gasteiger partial charge in [-0.3, -0.25) is 0 Å². The first-order valence-electron chi connectivity index (χ1n) is 6.89. The van der Waals surface area contributed by atoms with Crippen molar-refractivity contribution in [3.8, 4) is 5.69 Å². The van der Waals surface area contributed by atoms with Crippen LogP contribution < -0.4 is 5.73 Å². The largest absolute Gasteiger partial charge is 0.434 e. The predicted molar refractivity (Wildman–Crippen MR) is 76.9 cm³/mol. The molecule has 110 valence electrons. The molecule has 2 aromatic rings. The molecule has 0 radical (unpaired) electrons. The van der Waals surface area contributed by atoms with E-state index < -0.39 is 5.97 Å². The van der Waals surface area contributed by atoms with Crippen LogP contribution in [0.5, 0.6) is 0 Å². The Morgan fingerprint density at radius 1 is 1.38 bits per heavy atom. The van der Waals surface area contributed by atoms with Crippen LogP contribution >= 0.6 is 0 Å². The van der Waals surface area contributed by atoms with E-state index in [1.54, 1.807) is 29.1 Å². The normalized spacial score (nSPS) is 14.1. The highest BCUT2D eigenvalue weighted by Crippen LogP contribution is 2.28. The molecule has 0 unspecified atom stereocenters. The Morgan fingerprint density at radius 3 is 3.00 bits per heavy atom. The average Bonchev–Trinajstić information content (AvgIpc) is 3.17. The molecule has 1 aliphatic rings. The van der Waals surface area contributed by atoms with E-state index in [1.165, 1.54) is 12.8 Å². The predicted octanol–water partition coefficient (Wildman–Crippen LogP) is 2.00. The zero-order valence-corrected chi connectivity index (χ0v) is 11.6. The third-order valence-corrected chi connectivity index (χ3v) is 3.26. The molecule has 0 bridgehead atoms. The Morgan fingerprint density at radius 2 is 2.24 bits per heavy atom. The second-order valence-corrected chi connectivity index (χ2v) is 5.10. The number of rotatable bonds is 6. The van der Waals surface area contributed by atoms with E-state index >= 15 is 0 Å². The number of aromatic nitrogens is 2. The molecule has 0 saturated heterocycles. The van der Waals surface area contributed by atoms with Gasteiger partial charge in [0.25, 0.3) is 0 Å². The Kier molecular flexibility index (Phi) is 3.87. The maximum atomic E-state index is 11.8. The van der Waals surface area contributed by atoms with E-state index in [-0.39, 0.29) is 12.5 Å². The van der Waals surface area contributed by atoms with Crippen LogP contribution in [0.3, 0.4) is 0 Å². The van der Waals surface area contributed by atoms with E-state index in [2.05, 4.69) is 5.10 Å². The number of nitrogens with two attached hydrogens (primary N) is 1. The number of nitrogen functional groups attached to an aromatic ring is 1. The van der Waals surface area contributed by atoms with Crippen molar-refractivity contribution >= 4 is 11.7 Å². The minimum atomic E-state index is -0.492. The van der Waals surface area contributed by atoms with Gasteiger partial charge in [-0.15, -0.1) is 0 Å². The highest BCUT2D eigenvalue weighted by Gasteiger charge is 2.21. The fraction of sp³-hybridized carbons (Fsp3) is 0.333. The minimum absolute atomic E-state index is 0.0273. The molecule has 1 heterocycles. The third-order valence-electron chi connectivity index (χ3n) is 3.26. The molecule has 0 aliphatic heterocycles. The van der Waals surface area contributed by atoms with Gasteiger partial charge in [-0.05, 0) is 43.0 Å². The zero-order valence-electron chi connectivity index (χ0n) is 11.6. The number of hydrogen-bond acceptors (Lipinski definition) is 5. The lowest BCUT2D eigenvalue weighted by atomic mass is 10.3. The van der Waals surface area contributed by atoms with E-state index in [9.17, 15) is 4.79 Å². The van der Waals surface area contributed by atoms with Gasteiger partial charge in [0.1, 0.15) is 0 Å². The molecule has 0 spiro atoms. The SMILES string of the molecule is Nc1cccc(-n2ccc(C(=O)OCOCC3CC3)n2)c1. The molecule has 1 aromatic carbocycles. The van der Waals surface area contributed by atoms with Crippen molar-refractivity contribution < 1.29 is 14.3 Å². The van der Waals surface area contributed by atoms with Gasteiger partial charge in [0.2, 0.25) is 0 Å². The number of esters is 1. The summed E-state index contributed by atoms with van der Waals surface area (Å²) in [5.41, 5.74) is 7.40. The van der Waals surface area contributed by atoms with Crippen molar-refractivity contribution in [2.75, 3.05) is 19.1 Å². The fourth-order valence-electron chi connectivity index (χ4n) is 1.91. The van der Waals surface area contributed by atoms with E-state index in [0.29, 0.717) is 18.2 Å². The number of carbonyl (C=O) groups excluding carboxylic acids is 1. The molecular weight excluding hydrogens is 270 g/mol. The molecule has 1 aromatic heterocycles. The van der Waals surface area contributed by atoms with E-state index in [1.807, 2.05) is 12.1 Å². The highest BCUT2D eigenvalue weighted by molar-refractivity contribution is 5.87. The van der Waals surface area contributed by atoms with E-state index in [4.69, 9.17) is 15.2 Å². The van der Waals surface area contributed by atoms with Crippen LogP contribution in [0.2, 0.25) is 0 Å². The van der Waals surface area contributed by atoms with Crippen molar-refractivity contribution in [1.29, 1.82) is 0 Å². The monoisotopic (exact) mass is 287 g/mol. The summed E-state index contributed by atoms with van der Waals surface area (Å²) in [5.74, 6) is 0.153. The second-order valence-electron chi connectivity index (χ2n) is 5.10. The summed E-state index contributed by atoms with van der Waals surface area (Å²) in [4.78, 5) is 11.8. The van der Waals surface area contributed by atoms with Gasteiger partial charge in [-0.1, -0.05) is 6.07 Å². The number of carbonyl (C=O) groups is 1. The fourth-order valence-corrected chi connectivity index (χ4v) is 1.91. The molecule has 6 nitrogen and oxygen atoms in total. The smallest absolute Gasteiger partial charge is 0.360 e. The van der Waals surface area contributed by atoms with Crippen LogP contribution in [0.25, 0.3) is 5.69 Å². The lowest BCUT2D eigenvalue weighted by molar-refractivity contribution is -0.0349. The quantitative estimate of drug-likeness (QED) is 0.380. The maximum absolute atomic E-state index is 11.8. The van der Waals surface area contributed by atoms with Crippen LogP contribution in [-0.4, -0.2) is 29.1 Å². The molecular formula is C15H17N3O3. The van der Waals surface area contributed by atoms with Gasteiger partial charge >= 0.3 is 5.97 Å². The third kappa shape index (κ3) is 3.61. The van der Waals surface area contributed by atoms with Crippen LogP contribution in [0, 0.1) is 5.92 Å². The molecule has 2 N–H and O–H groups in total. The molecule has 0 amide bonds. The Hall–Kier alpha value is -2.34. The molecule has 1 saturated carbocycles. The summed E-state index contributed by atoms with van der Waals surface area (Å²) < 4.78 is 11.9. The van der Waals surface area contributed by atoms with Gasteiger partial charge in [0, 0.05) is 11.9 Å². The van der Waals surface area contributed by atoms with E-state index in [0.717, 1.165) is 5.69 Å². The van der Waals surface area contributed by atoms with Gasteiger partial charge in [0.05, 0.1) is 12.3 Å². The molecule has 1 aliphatic carbocycles. The lowest BCUT2D eigenvalue weighted by Gasteiger charge is -2.04. The minimum Gasteiger partial charge on any atom is -0.434 e. The van der Waals surface area contributed by atoms with Crippen LogP contribution in [0.15, 0.2) is 36.5 Å². The topological polar surface area (TPSA) is 79.4 Å². The lowest BCUT2D eigenvalue weighted by Crippen LogP contribution is -2.11. The molecule has 0 atom stereocenters. The number of nitrogens with zero attached hydrogens (tertiary/aromatic N) is 2. The maximum Gasteiger partial charge on any atom is 0.360 e. The summed E-state index contributed by atoms with van der Waals surface area (Å²) in [5, 5.41) is 4.18. The second kappa shape index (κ2) is 5.97. The Bertz CT molecular complexity index is 635. The number of ether oxygens (including phenoxy) is 2. The van der Waals surface area contributed by atoms with Crippen molar-refractivity contribution in [1.82, 2.24) is 9.78 Å². The van der Waals surface area contributed by atoms with Gasteiger partial charge in [0.15, 0.2) is 12.5 Å². The van der Waals surface area contributed by atoms with Crippen molar-refractivity contribution in [2.24, 2.45) is 5.92 Å². The number of hydrogen-bond donors (Lipinski definition) is 1. The molecule has 6 heteroatoms. The average molecular weight is 287 g/mol. The summed E-state index contributed by atoms with van der Waals surface area (Å²) in [7, 11) is 0. The Balaban J connectivity index is 1.57. The summed E-state index contributed by atoms with van der Waals surface area (Å²) >= 11 is 0. The van der Waals surface area contributed by atoms with Gasteiger partial charge in [-0.2, -0.15) is 5.10 Å². The first kappa shape index (κ1) is 13.6. The molecule has 21 heavy (non-hydrogen) atoms. The number of anilines is 1. The first-order chi connectivity index (χ1) is 10.2. The summed E-state index contributed by atoms with van der Waals surface area (Å²) in [6.07, 6.45) is 4.10. The summed E-state index contributed by atoms with van der Waals surface area (Å²) in [6, 6.07) is 8.86. The van der Waals surface area contributed by atoms with Crippen molar-refractivity contribution in [2.45, 2.75) is 12.8 Å². The standard InChI is InChI=1S/C15H17N3O3/c16-12-2-1-3-13(8-12)18-7-6-14(17-18)15(19)21-10-20-9-11-4-5-11/h1-3,6-8,11H,4-5,9-10,16H2. The zero-order chi connectivity index (χ0) is 14.7. The van der Waals surface area contributed by atoms with Gasteiger partial charge in [-0.25, -0.2) is 9.48 Å². The first-order valence-corrected chi connectivity index (χ1v) is 6.89. The van der Waals surface area contributed by atoms with Crippen molar-refractivity contribution in [3.05, 3.63) is 42.2 Å². The number of benzene rings is 1. The van der Waals surface area contributed by atoms with Crippen LogP contribution in [-0.2, 0) is 9.47 Å². The highest BCUT2D eigenvalue weighted by atomic mass is 16.7. The van der Waals surface area contributed by atoms with Crippen LogP contribution in [0.4, 0.5) is 5.69 Å². The van der Waals surface area contributed by atoms with Gasteiger partial charge < -0.3 is 15.2 Å². The molecule has 3 rings (SSSR count). The van der Waals surface area contributed by atoms with Crippen LogP contribution in [0.1, 0.15) is 23.3 Å². The van der Waals surface area contributed by atoms with Crippen molar-refractivity contribution in [3.63, 3.8) is 0 Å². The molecule has 1 fully saturated rings.